The molecule has 1 aliphatic rings. The van der Waals surface area contributed by atoms with Crippen LogP contribution in [0.5, 0.6) is 0 Å². The molecule has 0 saturated heterocycles. The van der Waals surface area contributed by atoms with E-state index in [0.29, 0.717) is 34.8 Å². The first-order chi connectivity index (χ1) is 15.9. The molecule has 1 aliphatic carbocycles. The third-order valence-electron chi connectivity index (χ3n) is 6.06. The van der Waals surface area contributed by atoms with Crippen molar-refractivity contribution in [2.45, 2.75) is 52.4 Å². The maximum atomic E-state index is 12.9. The number of hydrogen-bond acceptors (Lipinski definition) is 5. The number of hydrogen-bond donors (Lipinski definition) is 1. The van der Waals surface area contributed by atoms with Gasteiger partial charge in [-0.1, -0.05) is 43.3 Å². The first kappa shape index (κ1) is 21.1. The predicted molar refractivity (Wildman–Crippen MR) is 127 cm³/mol. The molecule has 2 heterocycles. The lowest BCUT2D eigenvalue weighted by Gasteiger charge is -2.08. The fourth-order valence-electron chi connectivity index (χ4n) is 3.80. The minimum Gasteiger partial charge on any atom is -0.339 e. The van der Waals surface area contributed by atoms with Crippen LogP contribution in [0.15, 0.2) is 53.2 Å². The summed E-state index contributed by atoms with van der Waals surface area (Å²) < 4.78 is 7.16. The number of rotatable bonds is 6. The summed E-state index contributed by atoms with van der Waals surface area (Å²) in [4.78, 5) is 17.5. The smallest absolute Gasteiger partial charge is 0.259 e. The van der Waals surface area contributed by atoms with Gasteiger partial charge in [0, 0.05) is 23.4 Å². The summed E-state index contributed by atoms with van der Waals surface area (Å²) in [5.74, 6) is 1.96. The van der Waals surface area contributed by atoms with Crippen molar-refractivity contribution in [1.82, 2.24) is 19.9 Å². The molecule has 33 heavy (non-hydrogen) atoms. The summed E-state index contributed by atoms with van der Waals surface area (Å²) >= 11 is 0. The third kappa shape index (κ3) is 4.31. The summed E-state index contributed by atoms with van der Waals surface area (Å²) in [5.41, 5.74) is 5.94. The normalized spacial score (nSPS) is 13.5. The number of amides is 1. The maximum absolute atomic E-state index is 12.9. The Labute approximate surface area is 192 Å². The van der Waals surface area contributed by atoms with Gasteiger partial charge in [-0.15, -0.1) is 0 Å². The molecular weight excluding hydrogens is 414 g/mol. The highest BCUT2D eigenvalue weighted by atomic mass is 16.5. The fourth-order valence-corrected chi connectivity index (χ4v) is 3.80. The number of carbonyl (C=O) groups excluding carboxylic acids is 1. The number of carbonyl (C=O) groups is 1. The van der Waals surface area contributed by atoms with E-state index < -0.39 is 0 Å². The monoisotopic (exact) mass is 441 g/mol. The molecule has 0 unspecified atom stereocenters. The minimum atomic E-state index is -0.183. The zero-order chi connectivity index (χ0) is 23.1. The second-order valence-corrected chi connectivity index (χ2v) is 9.04. The SMILES string of the molecule is Cc1ccc(-c2noc(C3CC3)n2)cc1-n1cc(C(=O)Nc2ccc(C(C)C)cc2)c(C)n1. The van der Waals surface area contributed by atoms with Gasteiger partial charge in [-0.25, -0.2) is 4.68 Å². The molecular formula is C26H27N5O2. The Morgan fingerprint density at radius 3 is 2.58 bits per heavy atom. The van der Waals surface area contributed by atoms with Gasteiger partial charge in [-0.05, 0) is 61.9 Å². The van der Waals surface area contributed by atoms with E-state index in [4.69, 9.17) is 4.52 Å². The van der Waals surface area contributed by atoms with E-state index in [0.717, 1.165) is 35.3 Å². The third-order valence-corrected chi connectivity index (χ3v) is 6.06. The molecule has 4 aromatic rings. The second-order valence-electron chi connectivity index (χ2n) is 9.04. The molecule has 1 fully saturated rings. The Balaban J connectivity index is 1.39. The van der Waals surface area contributed by atoms with Gasteiger partial charge in [0.1, 0.15) is 0 Å². The van der Waals surface area contributed by atoms with Crippen LogP contribution in [-0.2, 0) is 0 Å². The highest BCUT2D eigenvalue weighted by Crippen LogP contribution is 2.39. The van der Waals surface area contributed by atoms with Crippen LogP contribution in [0.1, 0.15) is 71.6 Å². The summed E-state index contributed by atoms with van der Waals surface area (Å²) in [5, 5.41) is 11.7. The Hall–Kier alpha value is -3.74. The van der Waals surface area contributed by atoms with E-state index in [9.17, 15) is 4.79 Å². The van der Waals surface area contributed by atoms with Gasteiger partial charge in [-0.3, -0.25) is 4.79 Å². The predicted octanol–water partition coefficient (Wildman–Crippen LogP) is 5.79. The fraction of sp³-hybridized carbons (Fsp3) is 0.308. The highest BCUT2D eigenvalue weighted by molar-refractivity contribution is 6.05. The molecule has 2 aromatic heterocycles. The van der Waals surface area contributed by atoms with Crippen molar-refractivity contribution in [2.75, 3.05) is 5.32 Å². The van der Waals surface area contributed by atoms with Crippen molar-refractivity contribution in [2.24, 2.45) is 0 Å². The molecule has 168 valence electrons. The molecule has 1 N–H and O–H groups in total. The molecule has 2 aromatic carbocycles. The lowest BCUT2D eigenvalue weighted by molar-refractivity contribution is 0.102. The average Bonchev–Trinajstić information content (AvgIpc) is 3.40. The van der Waals surface area contributed by atoms with Crippen molar-refractivity contribution < 1.29 is 9.32 Å². The molecule has 7 heteroatoms. The molecule has 0 aliphatic heterocycles. The van der Waals surface area contributed by atoms with E-state index >= 15 is 0 Å². The summed E-state index contributed by atoms with van der Waals surface area (Å²) in [6.07, 6.45) is 3.99. The number of aromatic nitrogens is 4. The van der Waals surface area contributed by atoms with Crippen LogP contribution >= 0.6 is 0 Å². The molecule has 1 saturated carbocycles. The Morgan fingerprint density at radius 2 is 1.88 bits per heavy atom. The molecule has 0 atom stereocenters. The van der Waals surface area contributed by atoms with Crippen LogP contribution in [0.4, 0.5) is 5.69 Å². The summed E-state index contributed by atoms with van der Waals surface area (Å²) in [7, 11) is 0. The van der Waals surface area contributed by atoms with E-state index in [1.807, 2.05) is 56.3 Å². The van der Waals surface area contributed by atoms with Gasteiger partial charge in [0.25, 0.3) is 5.91 Å². The number of aryl methyl sites for hydroxylation is 2. The number of benzene rings is 2. The van der Waals surface area contributed by atoms with E-state index in [1.54, 1.807) is 10.9 Å². The van der Waals surface area contributed by atoms with Crippen LogP contribution in [0.25, 0.3) is 17.1 Å². The quantitative estimate of drug-likeness (QED) is 0.409. The standard InChI is InChI=1S/C26H27N5O2/c1-15(2)18-9-11-21(12-10-18)27-25(32)22-14-31(29-17(22)4)23-13-20(6-5-16(23)3)24-28-26(33-30-24)19-7-8-19/h5-6,9-15,19H,7-8H2,1-4H3,(H,27,32). The van der Waals surface area contributed by atoms with Crippen molar-refractivity contribution in [1.29, 1.82) is 0 Å². The van der Waals surface area contributed by atoms with Crippen LogP contribution < -0.4 is 5.32 Å². The van der Waals surface area contributed by atoms with Gasteiger partial charge in [0.2, 0.25) is 11.7 Å². The molecule has 5 rings (SSSR count). The number of anilines is 1. The summed E-state index contributed by atoms with van der Waals surface area (Å²) in [6.45, 7) is 8.14. The van der Waals surface area contributed by atoms with Crippen LogP contribution in [-0.4, -0.2) is 25.8 Å². The number of nitrogens with zero attached hydrogens (tertiary/aromatic N) is 4. The molecule has 1 amide bonds. The molecule has 0 spiro atoms. The topological polar surface area (TPSA) is 85.8 Å². The van der Waals surface area contributed by atoms with Crippen LogP contribution in [0, 0.1) is 13.8 Å². The Morgan fingerprint density at radius 1 is 1.12 bits per heavy atom. The highest BCUT2D eigenvalue weighted by Gasteiger charge is 2.29. The van der Waals surface area contributed by atoms with Crippen LogP contribution in [0.3, 0.4) is 0 Å². The lowest BCUT2D eigenvalue weighted by atomic mass is 10.0. The van der Waals surface area contributed by atoms with Gasteiger partial charge in [0.15, 0.2) is 0 Å². The Bertz CT molecular complexity index is 1310. The first-order valence-electron chi connectivity index (χ1n) is 11.3. The minimum absolute atomic E-state index is 0.183. The Kier molecular flexibility index (Phi) is 5.32. The van der Waals surface area contributed by atoms with Crippen LogP contribution in [0.2, 0.25) is 0 Å². The van der Waals surface area contributed by atoms with Crippen molar-refractivity contribution in [3.05, 3.63) is 76.9 Å². The van der Waals surface area contributed by atoms with Gasteiger partial charge >= 0.3 is 0 Å². The lowest BCUT2D eigenvalue weighted by Crippen LogP contribution is -2.12. The first-order valence-corrected chi connectivity index (χ1v) is 11.3. The zero-order valence-corrected chi connectivity index (χ0v) is 19.3. The van der Waals surface area contributed by atoms with Gasteiger partial charge in [-0.2, -0.15) is 10.1 Å². The van der Waals surface area contributed by atoms with Crippen molar-refractivity contribution in [3.63, 3.8) is 0 Å². The van der Waals surface area contributed by atoms with Crippen molar-refractivity contribution >= 4 is 11.6 Å². The maximum Gasteiger partial charge on any atom is 0.259 e. The molecule has 7 nitrogen and oxygen atoms in total. The van der Waals surface area contributed by atoms with Gasteiger partial charge in [0.05, 0.1) is 16.9 Å². The van der Waals surface area contributed by atoms with Gasteiger partial charge < -0.3 is 9.84 Å². The largest absolute Gasteiger partial charge is 0.339 e. The van der Waals surface area contributed by atoms with E-state index in [-0.39, 0.29) is 5.91 Å². The van der Waals surface area contributed by atoms with Crippen molar-refractivity contribution in [3.8, 4) is 17.1 Å². The number of nitrogens with one attached hydrogen (secondary N) is 1. The average molecular weight is 442 g/mol. The molecule has 0 bridgehead atoms. The molecule has 0 radical (unpaired) electrons. The van der Waals surface area contributed by atoms with E-state index in [2.05, 4.69) is 34.4 Å². The second kappa shape index (κ2) is 8.31. The van der Waals surface area contributed by atoms with E-state index in [1.165, 1.54) is 5.56 Å². The zero-order valence-electron chi connectivity index (χ0n) is 19.3. The summed E-state index contributed by atoms with van der Waals surface area (Å²) in [6, 6.07) is 13.9.